The lowest BCUT2D eigenvalue weighted by atomic mass is 9.91. The van der Waals surface area contributed by atoms with Crippen LogP contribution >= 0.6 is 0 Å². The van der Waals surface area contributed by atoms with Crippen molar-refractivity contribution in [2.75, 3.05) is 0 Å². The topological polar surface area (TPSA) is 49.4 Å². The summed E-state index contributed by atoms with van der Waals surface area (Å²) in [6.45, 7) is 6.37. The van der Waals surface area contributed by atoms with E-state index in [1.165, 1.54) is 0 Å². The molecule has 2 saturated carbocycles. The summed E-state index contributed by atoms with van der Waals surface area (Å²) in [6, 6.07) is -0.293. The van der Waals surface area contributed by atoms with Crippen LogP contribution in [0, 0.1) is 11.3 Å². The summed E-state index contributed by atoms with van der Waals surface area (Å²) in [5.74, 6) is 0.583. The van der Waals surface area contributed by atoms with Crippen LogP contribution in [0.2, 0.25) is 0 Å². The van der Waals surface area contributed by atoms with E-state index in [4.69, 9.17) is 0 Å². The van der Waals surface area contributed by atoms with Crippen molar-refractivity contribution in [1.82, 2.24) is 10.2 Å². The van der Waals surface area contributed by atoms with E-state index in [1.807, 2.05) is 11.8 Å². The molecule has 3 aliphatic rings. The molecule has 3 unspecified atom stereocenters. The summed E-state index contributed by atoms with van der Waals surface area (Å²) in [7, 11) is 0. The van der Waals surface area contributed by atoms with E-state index in [0.29, 0.717) is 11.3 Å². The Morgan fingerprint density at radius 2 is 1.89 bits per heavy atom. The fraction of sp³-hybridized carbons (Fsp3) is 0.867. The summed E-state index contributed by atoms with van der Waals surface area (Å²) in [6.07, 6.45) is 5.36. The zero-order valence-corrected chi connectivity index (χ0v) is 12.1. The van der Waals surface area contributed by atoms with Crippen LogP contribution in [0.25, 0.3) is 0 Å². The highest BCUT2D eigenvalue weighted by Crippen LogP contribution is 2.42. The van der Waals surface area contributed by atoms with Crippen molar-refractivity contribution in [3.63, 3.8) is 0 Å². The van der Waals surface area contributed by atoms with Gasteiger partial charge in [0.25, 0.3) is 0 Å². The quantitative estimate of drug-likeness (QED) is 0.825. The number of carbonyl (C=O) groups excluding carboxylic acids is 2. The Hall–Kier alpha value is -1.06. The summed E-state index contributed by atoms with van der Waals surface area (Å²) in [5.41, 5.74) is 0.299. The average molecular weight is 264 g/mol. The van der Waals surface area contributed by atoms with Crippen LogP contribution in [0.3, 0.4) is 0 Å². The minimum atomic E-state index is -0.304. The molecule has 3 fully saturated rings. The second-order valence-corrected chi connectivity index (χ2v) is 7.31. The van der Waals surface area contributed by atoms with Gasteiger partial charge in [-0.2, -0.15) is 0 Å². The van der Waals surface area contributed by atoms with Gasteiger partial charge in [-0.25, -0.2) is 0 Å². The van der Waals surface area contributed by atoms with E-state index in [2.05, 4.69) is 19.2 Å². The van der Waals surface area contributed by atoms with Crippen molar-refractivity contribution < 1.29 is 9.59 Å². The van der Waals surface area contributed by atoms with E-state index < -0.39 is 0 Å². The number of piperazine rings is 1. The van der Waals surface area contributed by atoms with Gasteiger partial charge in [-0.15, -0.1) is 0 Å². The number of nitrogens with one attached hydrogen (secondary N) is 1. The molecule has 106 valence electrons. The second-order valence-electron chi connectivity index (χ2n) is 7.31. The van der Waals surface area contributed by atoms with Crippen LogP contribution < -0.4 is 5.32 Å². The van der Waals surface area contributed by atoms with Crippen molar-refractivity contribution in [1.29, 1.82) is 0 Å². The van der Waals surface area contributed by atoms with Gasteiger partial charge in [0.15, 0.2) is 0 Å². The first kappa shape index (κ1) is 12.9. The molecule has 0 aromatic heterocycles. The molecule has 0 radical (unpaired) electrons. The maximum Gasteiger partial charge on any atom is 0.246 e. The molecule has 2 aliphatic carbocycles. The van der Waals surface area contributed by atoms with Gasteiger partial charge in [-0.1, -0.05) is 13.8 Å². The molecule has 0 bridgehead atoms. The molecular weight excluding hydrogens is 240 g/mol. The molecule has 2 amide bonds. The normalized spacial score (nSPS) is 38.5. The number of hydrogen-bond donors (Lipinski definition) is 1. The lowest BCUT2D eigenvalue weighted by Gasteiger charge is -2.41. The number of amides is 2. The third-order valence-corrected chi connectivity index (χ3v) is 5.04. The predicted octanol–water partition coefficient (Wildman–Crippen LogP) is 1.69. The van der Waals surface area contributed by atoms with Gasteiger partial charge in [0, 0.05) is 6.04 Å². The van der Waals surface area contributed by atoms with Gasteiger partial charge >= 0.3 is 0 Å². The number of rotatable bonds is 2. The maximum absolute atomic E-state index is 12.7. The van der Waals surface area contributed by atoms with Crippen molar-refractivity contribution in [2.45, 2.75) is 71.0 Å². The molecule has 1 heterocycles. The first-order valence-corrected chi connectivity index (χ1v) is 7.52. The zero-order chi connectivity index (χ0) is 13.8. The lowest BCUT2D eigenvalue weighted by Crippen LogP contribution is -2.65. The molecule has 0 spiro atoms. The minimum absolute atomic E-state index is 0.0289. The van der Waals surface area contributed by atoms with Gasteiger partial charge in [-0.05, 0) is 50.4 Å². The molecule has 0 aromatic carbocycles. The largest absolute Gasteiger partial charge is 0.342 e. The van der Waals surface area contributed by atoms with Crippen molar-refractivity contribution in [3.8, 4) is 0 Å². The summed E-state index contributed by atoms with van der Waals surface area (Å²) < 4.78 is 0. The molecule has 1 N–H and O–H groups in total. The van der Waals surface area contributed by atoms with E-state index in [-0.39, 0.29) is 29.9 Å². The fourth-order valence-corrected chi connectivity index (χ4v) is 3.70. The van der Waals surface area contributed by atoms with Gasteiger partial charge in [0.2, 0.25) is 11.8 Å². The minimum Gasteiger partial charge on any atom is -0.342 e. The molecule has 4 heteroatoms. The number of hydrogen-bond acceptors (Lipinski definition) is 2. The van der Waals surface area contributed by atoms with Gasteiger partial charge in [-0.3, -0.25) is 9.59 Å². The van der Waals surface area contributed by atoms with Gasteiger partial charge in [0.1, 0.15) is 12.1 Å². The predicted molar refractivity (Wildman–Crippen MR) is 72.4 cm³/mol. The molecule has 19 heavy (non-hydrogen) atoms. The Morgan fingerprint density at radius 1 is 1.21 bits per heavy atom. The highest BCUT2D eigenvalue weighted by molar-refractivity contribution is 5.97. The van der Waals surface area contributed by atoms with Crippen LogP contribution in [-0.2, 0) is 9.59 Å². The molecule has 1 aliphatic heterocycles. The van der Waals surface area contributed by atoms with Crippen LogP contribution in [0.5, 0.6) is 0 Å². The first-order valence-electron chi connectivity index (χ1n) is 7.52. The molecule has 3 rings (SSSR count). The van der Waals surface area contributed by atoms with Crippen LogP contribution in [-0.4, -0.2) is 34.8 Å². The highest BCUT2D eigenvalue weighted by Gasteiger charge is 2.49. The summed E-state index contributed by atoms with van der Waals surface area (Å²) in [5, 5.41) is 2.92. The van der Waals surface area contributed by atoms with Gasteiger partial charge in [0.05, 0.1) is 0 Å². The van der Waals surface area contributed by atoms with Crippen molar-refractivity contribution in [3.05, 3.63) is 0 Å². The Morgan fingerprint density at radius 3 is 2.42 bits per heavy atom. The third-order valence-electron chi connectivity index (χ3n) is 5.04. The first-order chi connectivity index (χ1) is 8.89. The van der Waals surface area contributed by atoms with Gasteiger partial charge < -0.3 is 10.2 Å². The van der Waals surface area contributed by atoms with E-state index in [1.54, 1.807) is 0 Å². The third kappa shape index (κ3) is 2.26. The molecular formula is C15H24N2O2. The number of nitrogens with zero attached hydrogens (tertiary/aromatic N) is 1. The smallest absolute Gasteiger partial charge is 0.246 e. The molecule has 4 nitrogen and oxygen atoms in total. The summed E-state index contributed by atoms with van der Waals surface area (Å²) >= 11 is 0. The second kappa shape index (κ2) is 4.22. The van der Waals surface area contributed by atoms with Crippen molar-refractivity contribution in [2.24, 2.45) is 11.3 Å². The summed E-state index contributed by atoms with van der Waals surface area (Å²) in [4.78, 5) is 26.7. The van der Waals surface area contributed by atoms with E-state index >= 15 is 0 Å². The van der Waals surface area contributed by atoms with Crippen LogP contribution in [0.15, 0.2) is 0 Å². The van der Waals surface area contributed by atoms with E-state index in [9.17, 15) is 9.59 Å². The monoisotopic (exact) mass is 264 g/mol. The highest BCUT2D eigenvalue weighted by atomic mass is 16.2. The molecule has 1 saturated heterocycles. The molecule has 3 atom stereocenters. The Bertz CT molecular complexity index is 414. The standard InChI is InChI=1S/C15H24N2O2/c1-9-13(18)16-12(10-4-5-10)14(19)17(9)11-6-7-15(2,3)8-11/h9-12H,4-8H2,1-3H3,(H,16,18). The van der Waals surface area contributed by atoms with Crippen molar-refractivity contribution >= 4 is 11.8 Å². The van der Waals surface area contributed by atoms with Crippen LogP contribution in [0.4, 0.5) is 0 Å². The number of carbonyl (C=O) groups is 2. The Kier molecular flexibility index (Phi) is 2.88. The molecule has 0 aromatic rings. The Balaban J connectivity index is 1.81. The van der Waals surface area contributed by atoms with E-state index in [0.717, 1.165) is 32.1 Å². The average Bonchev–Trinajstić information content (AvgIpc) is 3.09. The zero-order valence-electron chi connectivity index (χ0n) is 12.1. The maximum atomic E-state index is 12.7. The SMILES string of the molecule is CC1C(=O)NC(C2CC2)C(=O)N1C1CCC(C)(C)C1. The Labute approximate surface area is 114 Å². The van der Waals surface area contributed by atoms with Crippen LogP contribution in [0.1, 0.15) is 52.9 Å². The fourth-order valence-electron chi connectivity index (χ4n) is 3.70. The lowest BCUT2D eigenvalue weighted by molar-refractivity contribution is -0.152.